The van der Waals surface area contributed by atoms with Gasteiger partial charge >= 0.3 is 0 Å². The maximum absolute atomic E-state index is 12.6. The van der Waals surface area contributed by atoms with Crippen molar-refractivity contribution in [1.82, 2.24) is 4.90 Å². The number of amides is 1. The van der Waals surface area contributed by atoms with Gasteiger partial charge in [0, 0.05) is 24.3 Å². The van der Waals surface area contributed by atoms with Crippen LogP contribution in [0, 0.1) is 11.3 Å². The van der Waals surface area contributed by atoms with Gasteiger partial charge < -0.3 is 14.5 Å². The summed E-state index contributed by atoms with van der Waals surface area (Å²) in [5, 5.41) is 8.95. The largest absolute Gasteiger partial charge is 0.490 e. The Kier molecular flexibility index (Phi) is 4.02. The zero-order valence-corrected chi connectivity index (χ0v) is 13.9. The van der Waals surface area contributed by atoms with Gasteiger partial charge in [-0.15, -0.1) is 0 Å². The van der Waals surface area contributed by atoms with Crippen LogP contribution in [0.3, 0.4) is 0 Å². The molecule has 0 aromatic heterocycles. The fourth-order valence-electron chi connectivity index (χ4n) is 3.44. The summed E-state index contributed by atoms with van der Waals surface area (Å²) in [6.45, 7) is 2.98. The number of carbonyl (C=O) groups is 1. The SMILES string of the molecule is N#Cc1ccc(N2CCOc3cc(C(=O)N4CCCC4)ccc32)cc1. The van der Waals surface area contributed by atoms with Crippen LogP contribution in [-0.2, 0) is 0 Å². The predicted molar refractivity (Wildman–Crippen MR) is 95.2 cm³/mol. The minimum Gasteiger partial charge on any atom is -0.490 e. The highest BCUT2D eigenvalue weighted by molar-refractivity contribution is 5.95. The normalized spacial score (nSPS) is 16.1. The average Bonchev–Trinajstić information content (AvgIpc) is 3.21. The van der Waals surface area contributed by atoms with Gasteiger partial charge in [-0.05, 0) is 55.3 Å². The summed E-state index contributed by atoms with van der Waals surface area (Å²) in [6, 6.07) is 15.3. The van der Waals surface area contributed by atoms with Gasteiger partial charge in [0.05, 0.1) is 23.9 Å². The smallest absolute Gasteiger partial charge is 0.253 e. The van der Waals surface area contributed by atoms with Crippen molar-refractivity contribution < 1.29 is 9.53 Å². The van der Waals surface area contributed by atoms with Crippen LogP contribution in [0.2, 0.25) is 0 Å². The molecule has 5 heteroatoms. The third-order valence-electron chi connectivity index (χ3n) is 4.77. The molecule has 0 N–H and O–H groups in total. The standard InChI is InChI=1S/C20H19N3O2/c21-14-15-3-6-17(7-4-15)23-11-12-25-19-13-16(5-8-18(19)23)20(24)22-9-1-2-10-22/h3-8,13H,1-2,9-12H2. The quantitative estimate of drug-likeness (QED) is 0.846. The van der Waals surface area contributed by atoms with Gasteiger partial charge in [-0.2, -0.15) is 5.26 Å². The van der Waals surface area contributed by atoms with Crippen molar-refractivity contribution >= 4 is 17.3 Å². The number of carbonyl (C=O) groups excluding carboxylic acids is 1. The number of fused-ring (bicyclic) bond motifs is 1. The Labute approximate surface area is 147 Å². The van der Waals surface area contributed by atoms with E-state index in [1.54, 1.807) is 0 Å². The Bertz CT molecular complexity index is 833. The molecule has 1 saturated heterocycles. The van der Waals surface area contributed by atoms with Gasteiger partial charge in [-0.3, -0.25) is 4.79 Å². The first-order valence-corrected chi connectivity index (χ1v) is 8.60. The van der Waals surface area contributed by atoms with Gasteiger partial charge in [0.15, 0.2) is 0 Å². The van der Waals surface area contributed by atoms with Gasteiger partial charge in [0.2, 0.25) is 0 Å². The molecule has 2 aromatic rings. The van der Waals surface area contributed by atoms with E-state index in [0.717, 1.165) is 49.6 Å². The van der Waals surface area contributed by atoms with Crippen molar-refractivity contribution in [2.75, 3.05) is 31.1 Å². The number of rotatable bonds is 2. The molecule has 2 aliphatic rings. The van der Waals surface area contributed by atoms with Crippen LogP contribution in [-0.4, -0.2) is 37.0 Å². The molecule has 0 aliphatic carbocycles. The molecule has 0 radical (unpaired) electrons. The lowest BCUT2D eigenvalue weighted by Gasteiger charge is -2.31. The second-order valence-corrected chi connectivity index (χ2v) is 6.34. The lowest BCUT2D eigenvalue weighted by Crippen LogP contribution is -2.30. The Morgan fingerprint density at radius 3 is 2.52 bits per heavy atom. The Morgan fingerprint density at radius 1 is 1.04 bits per heavy atom. The van der Waals surface area contributed by atoms with Crippen molar-refractivity contribution in [2.45, 2.75) is 12.8 Å². The topological polar surface area (TPSA) is 56.6 Å². The highest BCUT2D eigenvalue weighted by Crippen LogP contribution is 2.37. The third kappa shape index (κ3) is 2.91. The first kappa shape index (κ1) is 15.5. The summed E-state index contributed by atoms with van der Waals surface area (Å²) in [5.41, 5.74) is 3.29. The summed E-state index contributed by atoms with van der Waals surface area (Å²) < 4.78 is 5.81. The van der Waals surface area contributed by atoms with E-state index in [2.05, 4.69) is 11.0 Å². The van der Waals surface area contributed by atoms with Crippen molar-refractivity contribution in [3.05, 3.63) is 53.6 Å². The Hall–Kier alpha value is -3.00. The van der Waals surface area contributed by atoms with E-state index in [9.17, 15) is 4.79 Å². The van der Waals surface area contributed by atoms with Gasteiger partial charge in [-0.1, -0.05) is 0 Å². The molecule has 4 rings (SSSR count). The fraction of sp³-hybridized carbons (Fsp3) is 0.300. The van der Waals surface area contributed by atoms with Crippen LogP contribution in [0.1, 0.15) is 28.8 Å². The lowest BCUT2D eigenvalue weighted by molar-refractivity contribution is 0.0792. The van der Waals surface area contributed by atoms with Crippen LogP contribution in [0.4, 0.5) is 11.4 Å². The van der Waals surface area contributed by atoms with Crippen LogP contribution in [0.15, 0.2) is 42.5 Å². The molecule has 1 fully saturated rings. The first-order chi connectivity index (χ1) is 12.3. The van der Waals surface area contributed by atoms with Gasteiger partial charge in [0.1, 0.15) is 12.4 Å². The number of anilines is 2. The zero-order valence-electron chi connectivity index (χ0n) is 13.9. The van der Waals surface area contributed by atoms with Crippen LogP contribution >= 0.6 is 0 Å². The number of nitrogens with zero attached hydrogens (tertiary/aromatic N) is 3. The van der Waals surface area contributed by atoms with Crippen LogP contribution < -0.4 is 9.64 Å². The number of nitriles is 1. The van der Waals surface area contributed by atoms with E-state index in [-0.39, 0.29) is 5.91 Å². The Balaban J connectivity index is 1.63. The summed E-state index contributed by atoms with van der Waals surface area (Å²) in [4.78, 5) is 16.6. The van der Waals surface area contributed by atoms with E-state index >= 15 is 0 Å². The molecule has 25 heavy (non-hydrogen) atoms. The average molecular weight is 333 g/mol. The molecule has 0 unspecified atom stereocenters. The monoisotopic (exact) mass is 333 g/mol. The second kappa shape index (κ2) is 6.48. The molecule has 2 aromatic carbocycles. The number of benzene rings is 2. The van der Waals surface area contributed by atoms with E-state index in [4.69, 9.17) is 10.00 Å². The summed E-state index contributed by atoms with van der Waals surface area (Å²) >= 11 is 0. The molecule has 0 saturated carbocycles. The maximum Gasteiger partial charge on any atom is 0.253 e. The molecule has 2 aliphatic heterocycles. The minimum atomic E-state index is 0.0828. The van der Waals surface area contributed by atoms with E-state index in [1.807, 2.05) is 47.4 Å². The molecule has 126 valence electrons. The molecule has 1 amide bonds. The second-order valence-electron chi connectivity index (χ2n) is 6.34. The van der Waals surface area contributed by atoms with Crippen molar-refractivity contribution in [3.63, 3.8) is 0 Å². The van der Waals surface area contributed by atoms with Crippen molar-refractivity contribution in [1.29, 1.82) is 5.26 Å². The molecule has 5 nitrogen and oxygen atoms in total. The molecule has 0 atom stereocenters. The van der Waals surface area contributed by atoms with Crippen LogP contribution in [0.5, 0.6) is 5.75 Å². The summed E-state index contributed by atoms with van der Waals surface area (Å²) in [6.07, 6.45) is 2.17. The lowest BCUT2D eigenvalue weighted by atomic mass is 10.1. The summed E-state index contributed by atoms with van der Waals surface area (Å²) in [5.74, 6) is 0.819. The number of ether oxygens (including phenoxy) is 1. The van der Waals surface area contributed by atoms with Gasteiger partial charge in [-0.25, -0.2) is 0 Å². The van der Waals surface area contributed by atoms with Gasteiger partial charge in [0.25, 0.3) is 5.91 Å². The van der Waals surface area contributed by atoms with Crippen LogP contribution in [0.25, 0.3) is 0 Å². The zero-order chi connectivity index (χ0) is 17.2. The number of likely N-dealkylation sites (tertiary alicyclic amines) is 1. The summed E-state index contributed by atoms with van der Waals surface area (Å²) in [7, 11) is 0. The maximum atomic E-state index is 12.6. The van der Waals surface area contributed by atoms with E-state index in [0.29, 0.717) is 17.7 Å². The Morgan fingerprint density at radius 2 is 1.80 bits per heavy atom. The fourth-order valence-corrected chi connectivity index (χ4v) is 3.44. The molecular formula is C20H19N3O2. The number of hydrogen-bond acceptors (Lipinski definition) is 4. The molecule has 0 spiro atoms. The number of hydrogen-bond donors (Lipinski definition) is 0. The highest BCUT2D eigenvalue weighted by atomic mass is 16.5. The van der Waals surface area contributed by atoms with Crippen molar-refractivity contribution in [2.24, 2.45) is 0 Å². The van der Waals surface area contributed by atoms with E-state index < -0.39 is 0 Å². The minimum absolute atomic E-state index is 0.0828. The first-order valence-electron chi connectivity index (χ1n) is 8.60. The van der Waals surface area contributed by atoms with Crippen molar-refractivity contribution in [3.8, 4) is 11.8 Å². The predicted octanol–water partition coefficient (Wildman–Crippen LogP) is 3.32. The van der Waals surface area contributed by atoms with E-state index in [1.165, 1.54) is 0 Å². The molecule has 0 bridgehead atoms. The molecule has 2 heterocycles. The molecular weight excluding hydrogens is 314 g/mol. The third-order valence-corrected chi connectivity index (χ3v) is 4.77. The highest BCUT2D eigenvalue weighted by Gasteiger charge is 2.24.